The molecule has 5 nitrogen and oxygen atoms in total. The fourth-order valence-corrected chi connectivity index (χ4v) is 2.68. The first-order valence-electron chi connectivity index (χ1n) is 9.21. The molecule has 0 fully saturated rings. The van der Waals surface area contributed by atoms with Gasteiger partial charge in [-0.05, 0) is 43.1 Å². The van der Waals surface area contributed by atoms with Gasteiger partial charge in [0.1, 0.15) is 5.82 Å². The molecule has 2 amide bonds. The van der Waals surface area contributed by atoms with E-state index in [2.05, 4.69) is 10.6 Å². The van der Waals surface area contributed by atoms with Crippen LogP contribution in [0.25, 0.3) is 0 Å². The smallest absolute Gasteiger partial charge is 0.228 e. The number of carbonyl (C=O) groups excluding carboxylic acids is 2. The molecule has 0 radical (unpaired) electrons. The number of amides is 2. The maximum atomic E-state index is 14.0. The molecule has 0 saturated carbocycles. The highest BCUT2D eigenvalue weighted by Gasteiger charge is 2.10. The topological polar surface area (TPSA) is 84.2 Å². The maximum absolute atomic E-state index is 14.0. The lowest BCUT2D eigenvalue weighted by Gasteiger charge is -2.10. The van der Waals surface area contributed by atoms with Crippen LogP contribution in [0.3, 0.4) is 0 Å². The van der Waals surface area contributed by atoms with Crippen LogP contribution < -0.4 is 16.4 Å². The zero-order chi connectivity index (χ0) is 19.5. The van der Waals surface area contributed by atoms with Crippen molar-refractivity contribution in [3.05, 3.63) is 59.9 Å². The normalized spacial score (nSPS) is 10.1. The summed E-state index contributed by atoms with van der Waals surface area (Å²) in [4.78, 5) is 24.1. The molecule has 0 atom stereocenters. The summed E-state index contributed by atoms with van der Waals surface area (Å²) in [6, 6.07) is 13.4. The molecule has 7 heteroatoms. The fourth-order valence-electron chi connectivity index (χ4n) is 2.68. The molecular formula is C21H27ClFN3O2. The predicted octanol–water partition coefficient (Wildman–Crippen LogP) is 4.28. The predicted molar refractivity (Wildman–Crippen MR) is 113 cm³/mol. The van der Waals surface area contributed by atoms with Crippen molar-refractivity contribution in [2.75, 3.05) is 17.2 Å². The Bertz CT molecular complexity index is 757. The van der Waals surface area contributed by atoms with Gasteiger partial charge in [-0.25, -0.2) is 4.39 Å². The second-order valence-electron chi connectivity index (χ2n) is 6.41. The Labute approximate surface area is 171 Å². The van der Waals surface area contributed by atoms with Gasteiger partial charge in [0.25, 0.3) is 0 Å². The first-order valence-corrected chi connectivity index (χ1v) is 9.21. The first-order chi connectivity index (χ1) is 13.1. The standard InChI is InChI=1S/C21H26FN3O2.ClH/c22-18-12-11-17(24-20(26)10-6-1-2-7-13-23)15-19(18)25-21(27)14-16-8-4-3-5-9-16;/h3-5,8-9,11-12,15H,1-2,6-7,10,13-14,23H2,(H,24,26)(H,25,27);1H. The van der Waals surface area contributed by atoms with Gasteiger partial charge >= 0.3 is 0 Å². The third kappa shape index (κ3) is 8.50. The van der Waals surface area contributed by atoms with Gasteiger partial charge < -0.3 is 16.4 Å². The Morgan fingerprint density at radius 3 is 2.32 bits per heavy atom. The van der Waals surface area contributed by atoms with Gasteiger partial charge in [0.15, 0.2) is 0 Å². The van der Waals surface area contributed by atoms with Crippen molar-refractivity contribution >= 4 is 35.6 Å². The first kappa shape index (κ1) is 23.6. The van der Waals surface area contributed by atoms with Gasteiger partial charge in [-0.15, -0.1) is 12.4 Å². The SMILES string of the molecule is Cl.NCCCCCCC(=O)Nc1ccc(F)c(NC(=O)Cc2ccccc2)c1. The molecule has 0 unspecified atom stereocenters. The van der Waals surface area contributed by atoms with Crippen LogP contribution in [0.5, 0.6) is 0 Å². The number of unbranched alkanes of at least 4 members (excludes halogenated alkanes) is 3. The Hall–Kier alpha value is -2.44. The Morgan fingerprint density at radius 1 is 0.893 bits per heavy atom. The van der Waals surface area contributed by atoms with Crippen molar-refractivity contribution in [3.63, 3.8) is 0 Å². The Kier molecular flexibility index (Phi) is 10.8. The van der Waals surface area contributed by atoms with Crippen LogP contribution in [0.15, 0.2) is 48.5 Å². The van der Waals surface area contributed by atoms with Crippen molar-refractivity contribution in [2.45, 2.75) is 38.5 Å². The summed E-state index contributed by atoms with van der Waals surface area (Å²) in [5, 5.41) is 5.30. The number of hydrogen-bond donors (Lipinski definition) is 3. The Balaban J connectivity index is 0.00000392. The number of anilines is 2. The lowest BCUT2D eigenvalue weighted by atomic mass is 10.1. The van der Waals surface area contributed by atoms with Crippen LogP contribution in [0.4, 0.5) is 15.8 Å². The van der Waals surface area contributed by atoms with Crippen LogP contribution >= 0.6 is 12.4 Å². The fraction of sp³-hybridized carbons (Fsp3) is 0.333. The van der Waals surface area contributed by atoms with E-state index in [1.165, 1.54) is 18.2 Å². The van der Waals surface area contributed by atoms with Crippen molar-refractivity contribution in [1.29, 1.82) is 0 Å². The second kappa shape index (κ2) is 12.9. The zero-order valence-electron chi connectivity index (χ0n) is 15.7. The molecule has 0 aliphatic rings. The van der Waals surface area contributed by atoms with Crippen molar-refractivity contribution in [3.8, 4) is 0 Å². The van der Waals surface area contributed by atoms with E-state index in [-0.39, 0.29) is 36.3 Å². The number of benzene rings is 2. The largest absolute Gasteiger partial charge is 0.330 e. The van der Waals surface area contributed by atoms with Gasteiger partial charge in [-0.2, -0.15) is 0 Å². The lowest BCUT2D eigenvalue weighted by Crippen LogP contribution is -2.16. The number of hydrogen-bond acceptors (Lipinski definition) is 3. The van der Waals surface area contributed by atoms with E-state index in [0.717, 1.165) is 31.2 Å². The number of nitrogens with two attached hydrogens (primary N) is 1. The summed E-state index contributed by atoms with van der Waals surface area (Å²) in [6.45, 7) is 0.667. The van der Waals surface area contributed by atoms with Gasteiger partial charge in [-0.3, -0.25) is 9.59 Å². The molecule has 0 heterocycles. The number of rotatable bonds is 10. The maximum Gasteiger partial charge on any atom is 0.228 e. The van der Waals surface area contributed by atoms with E-state index < -0.39 is 5.82 Å². The van der Waals surface area contributed by atoms with Crippen molar-refractivity contribution < 1.29 is 14.0 Å². The summed E-state index contributed by atoms with van der Waals surface area (Å²) in [5.74, 6) is -0.990. The molecule has 0 bridgehead atoms. The average Bonchev–Trinajstić information content (AvgIpc) is 2.65. The summed E-state index contributed by atoms with van der Waals surface area (Å²) < 4.78 is 14.0. The molecule has 2 aromatic rings. The van der Waals surface area contributed by atoms with E-state index >= 15 is 0 Å². The number of halogens is 2. The molecule has 0 aliphatic carbocycles. The van der Waals surface area contributed by atoms with Crippen LogP contribution in [-0.4, -0.2) is 18.4 Å². The summed E-state index contributed by atoms with van der Waals surface area (Å²) in [6.07, 6.45) is 4.27. The number of nitrogens with one attached hydrogen (secondary N) is 2. The highest BCUT2D eigenvalue weighted by molar-refractivity contribution is 5.95. The third-order valence-corrected chi connectivity index (χ3v) is 4.09. The highest BCUT2D eigenvalue weighted by atomic mass is 35.5. The average molecular weight is 408 g/mol. The molecule has 0 aromatic heterocycles. The highest BCUT2D eigenvalue weighted by Crippen LogP contribution is 2.20. The molecule has 2 rings (SSSR count). The molecule has 152 valence electrons. The molecule has 0 aliphatic heterocycles. The minimum absolute atomic E-state index is 0. The van der Waals surface area contributed by atoms with Gasteiger partial charge in [0.05, 0.1) is 12.1 Å². The van der Waals surface area contributed by atoms with Gasteiger partial charge in [0.2, 0.25) is 11.8 Å². The molecule has 28 heavy (non-hydrogen) atoms. The van der Waals surface area contributed by atoms with E-state index in [1.807, 2.05) is 30.3 Å². The minimum atomic E-state index is -0.545. The molecule has 2 aromatic carbocycles. The van der Waals surface area contributed by atoms with Gasteiger partial charge in [0, 0.05) is 12.1 Å². The second-order valence-corrected chi connectivity index (χ2v) is 6.41. The quantitative estimate of drug-likeness (QED) is 0.514. The third-order valence-electron chi connectivity index (χ3n) is 4.09. The zero-order valence-corrected chi connectivity index (χ0v) is 16.6. The van der Waals surface area contributed by atoms with Crippen molar-refractivity contribution in [1.82, 2.24) is 0 Å². The van der Waals surface area contributed by atoms with Crippen molar-refractivity contribution in [2.24, 2.45) is 5.73 Å². The van der Waals surface area contributed by atoms with E-state index in [4.69, 9.17) is 5.73 Å². The number of carbonyl (C=O) groups is 2. The molecular weight excluding hydrogens is 381 g/mol. The monoisotopic (exact) mass is 407 g/mol. The molecule has 0 saturated heterocycles. The lowest BCUT2D eigenvalue weighted by molar-refractivity contribution is -0.116. The summed E-state index contributed by atoms with van der Waals surface area (Å²) in [7, 11) is 0. The van der Waals surface area contributed by atoms with Gasteiger partial charge in [-0.1, -0.05) is 43.2 Å². The molecule has 4 N–H and O–H groups in total. The summed E-state index contributed by atoms with van der Waals surface area (Å²) >= 11 is 0. The van der Waals surface area contributed by atoms with Crippen LogP contribution in [0.2, 0.25) is 0 Å². The summed E-state index contributed by atoms with van der Waals surface area (Å²) in [5.41, 5.74) is 6.79. The molecule has 0 spiro atoms. The van der Waals surface area contributed by atoms with Crippen LogP contribution in [0.1, 0.15) is 37.7 Å². The van der Waals surface area contributed by atoms with E-state index in [9.17, 15) is 14.0 Å². The van der Waals surface area contributed by atoms with E-state index in [0.29, 0.717) is 18.7 Å². The van der Waals surface area contributed by atoms with Crippen LogP contribution in [0, 0.1) is 5.82 Å². The minimum Gasteiger partial charge on any atom is -0.330 e. The Morgan fingerprint density at radius 2 is 1.61 bits per heavy atom. The van der Waals surface area contributed by atoms with Crippen LogP contribution in [-0.2, 0) is 16.0 Å². The van der Waals surface area contributed by atoms with E-state index in [1.54, 1.807) is 0 Å².